The van der Waals surface area contributed by atoms with Crippen LogP contribution in [0.15, 0.2) is 24.3 Å². The highest BCUT2D eigenvalue weighted by molar-refractivity contribution is 5.96. The van der Waals surface area contributed by atoms with E-state index in [9.17, 15) is 9.59 Å². The van der Waals surface area contributed by atoms with Gasteiger partial charge in [0.25, 0.3) is 5.91 Å². The molecule has 1 aliphatic carbocycles. The third-order valence-corrected chi connectivity index (χ3v) is 4.93. The number of amides is 1. The predicted molar refractivity (Wildman–Crippen MR) is 85.7 cm³/mol. The predicted octanol–water partition coefficient (Wildman–Crippen LogP) is 2.95. The summed E-state index contributed by atoms with van der Waals surface area (Å²) in [6.45, 7) is 1.83. The van der Waals surface area contributed by atoms with E-state index in [-0.39, 0.29) is 17.1 Å². The number of carboxylic acids is 1. The van der Waals surface area contributed by atoms with Crippen LogP contribution in [-0.2, 0) is 4.74 Å². The number of aromatic carboxylic acids is 1. The fourth-order valence-electron chi connectivity index (χ4n) is 3.63. The average molecular weight is 317 g/mol. The summed E-state index contributed by atoms with van der Waals surface area (Å²) < 4.78 is 6.08. The summed E-state index contributed by atoms with van der Waals surface area (Å²) in [5.41, 5.74) is 0.565. The first-order valence-electron chi connectivity index (χ1n) is 8.36. The highest BCUT2D eigenvalue weighted by Gasteiger charge is 2.38. The number of hydrogen-bond donors (Lipinski definition) is 1. The second-order valence-electron chi connectivity index (χ2n) is 6.55. The molecule has 5 nitrogen and oxygen atoms in total. The topological polar surface area (TPSA) is 66.8 Å². The summed E-state index contributed by atoms with van der Waals surface area (Å²) in [6.07, 6.45) is 6.86. The van der Waals surface area contributed by atoms with Crippen LogP contribution < -0.4 is 0 Å². The van der Waals surface area contributed by atoms with E-state index in [1.807, 2.05) is 4.90 Å². The molecule has 0 radical (unpaired) electrons. The van der Waals surface area contributed by atoms with Crippen molar-refractivity contribution in [2.24, 2.45) is 0 Å². The molecule has 1 N–H and O–H groups in total. The zero-order chi connectivity index (χ0) is 16.3. The molecule has 1 amide bonds. The van der Waals surface area contributed by atoms with Gasteiger partial charge in [-0.1, -0.05) is 25.7 Å². The van der Waals surface area contributed by atoms with E-state index in [2.05, 4.69) is 0 Å². The van der Waals surface area contributed by atoms with Crippen LogP contribution in [-0.4, -0.2) is 47.2 Å². The van der Waals surface area contributed by atoms with E-state index in [4.69, 9.17) is 9.84 Å². The molecule has 0 atom stereocenters. The number of benzene rings is 1. The molecule has 23 heavy (non-hydrogen) atoms. The van der Waals surface area contributed by atoms with Gasteiger partial charge in [0.05, 0.1) is 24.3 Å². The fourth-order valence-corrected chi connectivity index (χ4v) is 3.63. The van der Waals surface area contributed by atoms with E-state index < -0.39 is 5.97 Å². The Morgan fingerprint density at radius 3 is 2.22 bits per heavy atom. The smallest absolute Gasteiger partial charge is 0.335 e. The average Bonchev–Trinajstić information content (AvgIpc) is 2.80. The van der Waals surface area contributed by atoms with Gasteiger partial charge in [0, 0.05) is 12.1 Å². The number of hydrogen-bond acceptors (Lipinski definition) is 3. The van der Waals surface area contributed by atoms with E-state index in [1.54, 1.807) is 12.1 Å². The summed E-state index contributed by atoms with van der Waals surface area (Å²) >= 11 is 0. The van der Waals surface area contributed by atoms with Crippen molar-refractivity contribution in [2.75, 3.05) is 19.7 Å². The number of rotatable bonds is 2. The Morgan fingerprint density at radius 2 is 1.61 bits per heavy atom. The minimum absolute atomic E-state index is 0.0335. The molecular formula is C18H23NO4. The second-order valence-corrected chi connectivity index (χ2v) is 6.55. The highest BCUT2D eigenvalue weighted by Crippen LogP contribution is 2.33. The lowest BCUT2D eigenvalue weighted by Gasteiger charge is -2.42. The zero-order valence-electron chi connectivity index (χ0n) is 13.3. The summed E-state index contributed by atoms with van der Waals surface area (Å²) in [6, 6.07) is 6.16. The lowest BCUT2D eigenvalue weighted by molar-refractivity contribution is -0.107. The second kappa shape index (κ2) is 6.71. The van der Waals surface area contributed by atoms with Crippen LogP contribution in [0.3, 0.4) is 0 Å². The molecule has 1 heterocycles. The molecule has 124 valence electrons. The normalized spacial score (nSPS) is 21.0. The lowest BCUT2D eigenvalue weighted by atomic mass is 9.92. The molecule has 0 unspecified atom stereocenters. The van der Waals surface area contributed by atoms with Gasteiger partial charge >= 0.3 is 5.97 Å². The van der Waals surface area contributed by atoms with Crippen molar-refractivity contribution in [2.45, 2.75) is 44.1 Å². The number of nitrogens with zero attached hydrogens (tertiary/aromatic N) is 1. The Bertz CT molecular complexity index is 573. The number of ether oxygens (including phenoxy) is 1. The first-order chi connectivity index (χ1) is 11.1. The minimum Gasteiger partial charge on any atom is -0.478 e. The van der Waals surface area contributed by atoms with Crippen LogP contribution in [0.4, 0.5) is 0 Å². The van der Waals surface area contributed by atoms with E-state index in [1.165, 1.54) is 25.0 Å². The van der Waals surface area contributed by atoms with Crippen molar-refractivity contribution < 1.29 is 19.4 Å². The molecule has 1 saturated carbocycles. The van der Waals surface area contributed by atoms with Crippen molar-refractivity contribution in [1.82, 2.24) is 4.90 Å². The van der Waals surface area contributed by atoms with E-state index in [0.29, 0.717) is 25.3 Å². The van der Waals surface area contributed by atoms with Crippen molar-refractivity contribution in [3.8, 4) is 0 Å². The first kappa shape index (κ1) is 16.0. The van der Waals surface area contributed by atoms with Crippen LogP contribution in [0.5, 0.6) is 0 Å². The Hall–Kier alpha value is -1.88. The number of carbonyl (C=O) groups is 2. The molecule has 0 bridgehead atoms. The maximum absolute atomic E-state index is 12.7. The molecule has 5 heteroatoms. The van der Waals surface area contributed by atoms with Gasteiger partial charge in [-0.3, -0.25) is 4.79 Å². The zero-order valence-corrected chi connectivity index (χ0v) is 13.3. The van der Waals surface area contributed by atoms with Crippen LogP contribution >= 0.6 is 0 Å². The number of carbonyl (C=O) groups excluding carboxylic acids is 1. The summed E-state index contributed by atoms with van der Waals surface area (Å²) in [7, 11) is 0. The molecule has 1 aromatic rings. The maximum atomic E-state index is 12.7. The number of carboxylic acid groups (broad SMARTS) is 1. The molecule has 0 aromatic heterocycles. The first-order valence-corrected chi connectivity index (χ1v) is 8.36. The molecule has 1 aromatic carbocycles. The van der Waals surface area contributed by atoms with Gasteiger partial charge in [0.2, 0.25) is 0 Å². The largest absolute Gasteiger partial charge is 0.478 e. The molecular weight excluding hydrogens is 294 g/mol. The Balaban J connectivity index is 1.72. The van der Waals surface area contributed by atoms with Crippen molar-refractivity contribution in [1.29, 1.82) is 0 Å². The molecule has 2 aliphatic rings. The Kier molecular flexibility index (Phi) is 4.66. The summed E-state index contributed by atoms with van der Waals surface area (Å²) in [5.74, 6) is -1.01. The van der Waals surface area contributed by atoms with Gasteiger partial charge in [-0.2, -0.15) is 0 Å². The Morgan fingerprint density at radius 1 is 1.00 bits per heavy atom. The third kappa shape index (κ3) is 3.55. The fraction of sp³-hybridized carbons (Fsp3) is 0.556. The van der Waals surface area contributed by atoms with Crippen molar-refractivity contribution in [3.05, 3.63) is 35.4 Å². The third-order valence-electron chi connectivity index (χ3n) is 4.93. The van der Waals surface area contributed by atoms with Crippen LogP contribution in [0.1, 0.15) is 59.2 Å². The van der Waals surface area contributed by atoms with E-state index in [0.717, 1.165) is 25.7 Å². The monoisotopic (exact) mass is 317 g/mol. The van der Waals surface area contributed by atoms with Crippen molar-refractivity contribution in [3.63, 3.8) is 0 Å². The van der Waals surface area contributed by atoms with Gasteiger partial charge < -0.3 is 14.7 Å². The highest BCUT2D eigenvalue weighted by atomic mass is 16.5. The lowest BCUT2D eigenvalue weighted by Crippen LogP contribution is -2.53. The van der Waals surface area contributed by atoms with Crippen LogP contribution in [0.25, 0.3) is 0 Å². The summed E-state index contributed by atoms with van der Waals surface area (Å²) in [5, 5.41) is 8.94. The van der Waals surface area contributed by atoms with Gasteiger partial charge in [0.15, 0.2) is 0 Å². The molecule has 1 spiro atoms. The quantitative estimate of drug-likeness (QED) is 0.910. The number of morpholine rings is 1. The van der Waals surface area contributed by atoms with E-state index >= 15 is 0 Å². The van der Waals surface area contributed by atoms with Gasteiger partial charge in [-0.15, -0.1) is 0 Å². The standard InChI is InChI=1S/C18H23NO4/c20-16(14-5-7-15(8-6-14)17(21)22)19-11-12-23-18(13-19)9-3-1-2-4-10-18/h5-8H,1-4,9-13H2,(H,21,22). The SMILES string of the molecule is O=C(O)c1ccc(C(=O)N2CCOC3(CCCCCC3)C2)cc1. The molecule has 3 rings (SSSR count). The Labute approximate surface area is 136 Å². The van der Waals surface area contributed by atoms with Crippen molar-refractivity contribution >= 4 is 11.9 Å². The van der Waals surface area contributed by atoms with Gasteiger partial charge in [0.1, 0.15) is 0 Å². The van der Waals surface area contributed by atoms with Crippen LogP contribution in [0.2, 0.25) is 0 Å². The molecule has 1 aliphatic heterocycles. The summed E-state index contributed by atoms with van der Waals surface area (Å²) in [4.78, 5) is 25.5. The van der Waals surface area contributed by atoms with Gasteiger partial charge in [-0.25, -0.2) is 4.79 Å². The molecule has 1 saturated heterocycles. The maximum Gasteiger partial charge on any atom is 0.335 e. The van der Waals surface area contributed by atoms with Crippen LogP contribution in [0, 0.1) is 0 Å². The molecule has 2 fully saturated rings. The minimum atomic E-state index is -0.979. The van der Waals surface area contributed by atoms with Gasteiger partial charge in [-0.05, 0) is 37.1 Å².